The molecule has 3 rings (SSSR count). The molecule has 1 aromatic heterocycles. The Morgan fingerprint density at radius 2 is 1.36 bits per heavy atom. The average Bonchev–Trinajstić information content (AvgIpc) is 2.63. The van der Waals surface area contributed by atoms with Gasteiger partial charge in [0.2, 0.25) is 0 Å². The van der Waals surface area contributed by atoms with Gasteiger partial charge in [0.15, 0.2) is 0 Å². The maximum atomic E-state index is 11.6. The minimum atomic E-state index is -0.559. The van der Waals surface area contributed by atoms with Crippen LogP contribution in [0, 0.1) is 18.8 Å². The fourth-order valence-electron chi connectivity index (χ4n) is 2.98. The number of benzene rings is 2. The maximum Gasteiger partial charge on any atom is 0.136 e. The first-order chi connectivity index (χ1) is 12.2. The molecule has 124 valence electrons. The van der Waals surface area contributed by atoms with Crippen molar-refractivity contribution in [3.05, 3.63) is 112 Å². The second-order valence-electron chi connectivity index (χ2n) is 6.05. The zero-order valence-electron chi connectivity index (χ0n) is 14.4. The largest absolute Gasteiger partial charge is 0.258 e. The average molecular weight is 328 g/mol. The molecule has 0 saturated heterocycles. The van der Waals surface area contributed by atoms with E-state index in [1.807, 2.05) is 92.7 Å². The molecule has 0 saturated carbocycles. The topological polar surface area (TPSA) is 42.3 Å². The third-order valence-electron chi connectivity index (χ3n) is 4.05. The van der Waals surface area contributed by atoms with Crippen LogP contribution in [0.2, 0.25) is 0 Å². The maximum absolute atomic E-state index is 11.6. The molecule has 25 heavy (non-hydrogen) atoms. The summed E-state index contributed by atoms with van der Waals surface area (Å²) in [7, 11) is 0. The number of hydrogen-bond acceptors (Lipinski definition) is 3. The standard InChI is InChI=1S/C22H20N2O/c1-16-13-20(14-17(2)23-16)22(24-25)15-21(18-9-5-3-6-10-18)19-11-7-4-8-12-19/h3-15,22H,1-2H3. The molecule has 3 heteroatoms. The van der Waals surface area contributed by atoms with Gasteiger partial charge in [0, 0.05) is 11.4 Å². The second kappa shape index (κ2) is 7.67. The Balaban J connectivity index is 2.12. The van der Waals surface area contributed by atoms with Gasteiger partial charge in [-0.2, -0.15) is 0 Å². The molecule has 0 aliphatic heterocycles. The summed E-state index contributed by atoms with van der Waals surface area (Å²) in [5, 5.41) is 3.38. The SMILES string of the molecule is Cc1cc(C(C=C(c2ccccc2)c2ccccc2)N=O)cc(C)n1. The van der Waals surface area contributed by atoms with E-state index in [1.54, 1.807) is 0 Å². The Bertz CT molecular complexity index is 825. The molecule has 0 bridgehead atoms. The summed E-state index contributed by atoms with van der Waals surface area (Å²) in [4.78, 5) is 16.0. The van der Waals surface area contributed by atoms with Crippen molar-refractivity contribution in [3.8, 4) is 0 Å². The van der Waals surface area contributed by atoms with Gasteiger partial charge in [0.25, 0.3) is 0 Å². The van der Waals surface area contributed by atoms with Gasteiger partial charge in [-0.1, -0.05) is 65.8 Å². The van der Waals surface area contributed by atoms with Crippen LogP contribution >= 0.6 is 0 Å². The van der Waals surface area contributed by atoms with E-state index in [0.717, 1.165) is 33.7 Å². The molecule has 0 spiro atoms. The summed E-state index contributed by atoms with van der Waals surface area (Å²) in [6, 6.07) is 23.4. The fraction of sp³-hybridized carbons (Fsp3) is 0.136. The predicted molar refractivity (Wildman–Crippen MR) is 102 cm³/mol. The summed E-state index contributed by atoms with van der Waals surface area (Å²) in [5.41, 5.74) is 5.76. The van der Waals surface area contributed by atoms with Gasteiger partial charge >= 0.3 is 0 Å². The minimum Gasteiger partial charge on any atom is -0.258 e. The molecule has 1 unspecified atom stereocenters. The summed E-state index contributed by atoms with van der Waals surface area (Å²) in [6.07, 6.45) is 1.94. The highest BCUT2D eigenvalue weighted by Crippen LogP contribution is 2.29. The zero-order chi connectivity index (χ0) is 17.6. The van der Waals surface area contributed by atoms with Crippen LogP contribution in [0.5, 0.6) is 0 Å². The molecule has 0 aliphatic carbocycles. The van der Waals surface area contributed by atoms with Crippen LogP contribution in [0.3, 0.4) is 0 Å². The van der Waals surface area contributed by atoms with Crippen molar-refractivity contribution in [3.63, 3.8) is 0 Å². The molecule has 0 fully saturated rings. The van der Waals surface area contributed by atoms with Crippen LogP contribution in [0.15, 0.2) is 84.0 Å². The first-order valence-electron chi connectivity index (χ1n) is 8.27. The summed E-state index contributed by atoms with van der Waals surface area (Å²) >= 11 is 0. The van der Waals surface area contributed by atoms with Gasteiger partial charge in [-0.15, -0.1) is 4.91 Å². The number of hydrogen-bond donors (Lipinski definition) is 0. The quantitative estimate of drug-likeness (QED) is 0.569. The molecule has 3 aromatic rings. The first-order valence-corrected chi connectivity index (χ1v) is 8.27. The highest BCUT2D eigenvalue weighted by atomic mass is 16.3. The summed E-state index contributed by atoms with van der Waals surface area (Å²) in [5.74, 6) is 0. The Labute approximate surface area is 148 Å². The lowest BCUT2D eigenvalue weighted by Gasteiger charge is -2.13. The van der Waals surface area contributed by atoms with Crippen molar-refractivity contribution in [1.29, 1.82) is 0 Å². The van der Waals surface area contributed by atoms with Crippen molar-refractivity contribution in [2.75, 3.05) is 0 Å². The monoisotopic (exact) mass is 328 g/mol. The van der Waals surface area contributed by atoms with Crippen LogP contribution in [-0.2, 0) is 0 Å². The van der Waals surface area contributed by atoms with E-state index in [0.29, 0.717) is 0 Å². The van der Waals surface area contributed by atoms with E-state index >= 15 is 0 Å². The highest BCUT2D eigenvalue weighted by molar-refractivity contribution is 5.80. The fourth-order valence-corrected chi connectivity index (χ4v) is 2.98. The number of pyridine rings is 1. The Morgan fingerprint density at radius 1 is 0.880 bits per heavy atom. The van der Waals surface area contributed by atoms with Gasteiger partial charge in [0.05, 0.1) is 0 Å². The van der Waals surface area contributed by atoms with Gasteiger partial charge in [-0.3, -0.25) is 4.98 Å². The normalized spacial score (nSPS) is 11.6. The molecule has 0 radical (unpaired) electrons. The van der Waals surface area contributed by atoms with Gasteiger partial charge < -0.3 is 0 Å². The Morgan fingerprint density at radius 3 is 1.80 bits per heavy atom. The second-order valence-corrected chi connectivity index (χ2v) is 6.05. The molecule has 2 aromatic carbocycles. The number of rotatable bonds is 5. The summed E-state index contributed by atoms with van der Waals surface area (Å²) in [6.45, 7) is 3.86. The number of nitrogens with zero attached hydrogens (tertiary/aromatic N) is 2. The van der Waals surface area contributed by atoms with Crippen molar-refractivity contribution in [1.82, 2.24) is 4.98 Å². The molecule has 0 N–H and O–H groups in total. The third-order valence-corrected chi connectivity index (χ3v) is 4.05. The van der Waals surface area contributed by atoms with E-state index in [9.17, 15) is 4.91 Å². The van der Waals surface area contributed by atoms with E-state index in [2.05, 4.69) is 10.2 Å². The lowest BCUT2D eigenvalue weighted by atomic mass is 9.94. The molecule has 3 nitrogen and oxygen atoms in total. The van der Waals surface area contributed by atoms with Gasteiger partial charge in [0.1, 0.15) is 6.04 Å². The van der Waals surface area contributed by atoms with E-state index in [1.165, 1.54) is 0 Å². The Hall–Kier alpha value is -3.07. The Kier molecular flexibility index (Phi) is 5.14. The van der Waals surface area contributed by atoms with Crippen molar-refractivity contribution in [2.45, 2.75) is 19.9 Å². The molecule has 1 atom stereocenters. The first kappa shape index (κ1) is 16.8. The molecule has 1 heterocycles. The van der Waals surface area contributed by atoms with Crippen LogP contribution in [0.1, 0.15) is 34.1 Å². The van der Waals surface area contributed by atoms with Crippen LogP contribution in [0.4, 0.5) is 0 Å². The lowest BCUT2D eigenvalue weighted by molar-refractivity contribution is 0.888. The van der Waals surface area contributed by atoms with Gasteiger partial charge in [-0.05, 0) is 54.3 Å². The highest BCUT2D eigenvalue weighted by Gasteiger charge is 2.14. The number of nitroso groups, excluding NO2 is 1. The molecule has 0 aliphatic rings. The van der Waals surface area contributed by atoms with Crippen molar-refractivity contribution < 1.29 is 0 Å². The van der Waals surface area contributed by atoms with E-state index < -0.39 is 6.04 Å². The molecular weight excluding hydrogens is 308 g/mol. The van der Waals surface area contributed by atoms with Crippen LogP contribution in [0.25, 0.3) is 5.57 Å². The third kappa shape index (κ3) is 4.07. The lowest BCUT2D eigenvalue weighted by Crippen LogP contribution is -1.98. The zero-order valence-corrected chi connectivity index (χ0v) is 14.4. The van der Waals surface area contributed by atoms with E-state index in [4.69, 9.17) is 0 Å². The smallest absolute Gasteiger partial charge is 0.136 e. The molecule has 0 amide bonds. The van der Waals surface area contributed by atoms with Crippen LogP contribution < -0.4 is 0 Å². The number of aryl methyl sites for hydroxylation is 2. The van der Waals surface area contributed by atoms with Crippen molar-refractivity contribution >= 4 is 5.57 Å². The van der Waals surface area contributed by atoms with Crippen LogP contribution in [-0.4, -0.2) is 4.98 Å². The number of aromatic nitrogens is 1. The minimum absolute atomic E-state index is 0.559. The van der Waals surface area contributed by atoms with Gasteiger partial charge in [-0.25, -0.2) is 0 Å². The predicted octanol–water partition coefficient (Wildman–Crippen LogP) is 5.64. The molecular formula is C22H20N2O. The van der Waals surface area contributed by atoms with E-state index in [-0.39, 0.29) is 0 Å². The van der Waals surface area contributed by atoms with Crippen molar-refractivity contribution in [2.24, 2.45) is 5.18 Å². The summed E-state index contributed by atoms with van der Waals surface area (Å²) < 4.78 is 0.